The highest BCUT2D eigenvalue weighted by molar-refractivity contribution is 6.04. The monoisotopic (exact) mass is 259 g/mol. The SMILES string of the molecule is Cn1ccnc1CNC(=O)c1ccccc1C(=O)O. The lowest BCUT2D eigenvalue weighted by atomic mass is 10.1. The summed E-state index contributed by atoms with van der Waals surface area (Å²) in [6, 6.07) is 6.09. The van der Waals surface area contributed by atoms with Crippen molar-refractivity contribution in [3.63, 3.8) is 0 Å². The Bertz CT molecular complexity index is 619. The van der Waals surface area contributed by atoms with Crippen LogP contribution >= 0.6 is 0 Å². The van der Waals surface area contributed by atoms with Crippen LogP contribution in [0.25, 0.3) is 0 Å². The lowest BCUT2D eigenvalue weighted by molar-refractivity contribution is 0.0691. The normalized spacial score (nSPS) is 10.2. The number of hydrogen-bond acceptors (Lipinski definition) is 3. The van der Waals surface area contributed by atoms with Gasteiger partial charge in [0.15, 0.2) is 0 Å². The summed E-state index contributed by atoms with van der Waals surface area (Å²) in [6.07, 6.45) is 3.40. The number of hydrogen-bond donors (Lipinski definition) is 2. The molecule has 0 fully saturated rings. The molecule has 0 saturated carbocycles. The van der Waals surface area contributed by atoms with Crippen LogP contribution in [0.4, 0.5) is 0 Å². The van der Waals surface area contributed by atoms with Crippen molar-refractivity contribution in [2.24, 2.45) is 7.05 Å². The van der Waals surface area contributed by atoms with Crippen LogP contribution in [0.3, 0.4) is 0 Å². The van der Waals surface area contributed by atoms with Gasteiger partial charge < -0.3 is 15.0 Å². The minimum Gasteiger partial charge on any atom is -0.478 e. The van der Waals surface area contributed by atoms with E-state index in [0.29, 0.717) is 5.82 Å². The third-order valence-corrected chi connectivity index (χ3v) is 2.73. The van der Waals surface area contributed by atoms with Crippen LogP contribution in [0.2, 0.25) is 0 Å². The van der Waals surface area contributed by atoms with Gasteiger partial charge in [-0.25, -0.2) is 9.78 Å². The number of nitrogens with one attached hydrogen (secondary N) is 1. The Hall–Kier alpha value is -2.63. The van der Waals surface area contributed by atoms with E-state index in [4.69, 9.17) is 5.11 Å². The first-order valence-electron chi connectivity index (χ1n) is 5.66. The van der Waals surface area contributed by atoms with Gasteiger partial charge >= 0.3 is 5.97 Å². The molecule has 19 heavy (non-hydrogen) atoms. The molecule has 0 aliphatic heterocycles. The van der Waals surface area contributed by atoms with Crippen molar-refractivity contribution < 1.29 is 14.7 Å². The third-order valence-electron chi connectivity index (χ3n) is 2.73. The molecule has 1 heterocycles. The van der Waals surface area contributed by atoms with Crippen molar-refractivity contribution in [3.05, 3.63) is 53.6 Å². The molecular weight excluding hydrogens is 246 g/mol. The topological polar surface area (TPSA) is 84.2 Å². The molecule has 98 valence electrons. The molecule has 0 unspecified atom stereocenters. The zero-order chi connectivity index (χ0) is 13.8. The standard InChI is InChI=1S/C13H13N3O3/c1-16-7-6-14-11(16)8-15-12(17)9-4-2-3-5-10(9)13(18)19/h2-7H,8H2,1H3,(H,15,17)(H,18,19). The van der Waals surface area contributed by atoms with Gasteiger partial charge in [0.1, 0.15) is 5.82 Å². The van der Waals surface area contributed by atoms with Crippen molar-refractivity contribution in [1.82, 2.24) is 14.9 Å². The van der Waals surface area contributed by atoms with Crippen LogP contribution in [0.5, 0.6) is 0 Å². The highest BCUT2D eigenvalue weighted by atomic mass is 16.4. The molecule has 0 saturated heterocycles. The molecule has 1 amide bonds. The van der Waals surface area contributed by atoms with Crippen molar-refractivity contribution >= 4 is 11.9 Å². The molecule has 1 aromatic carbocycles. The molecule has 0 atom stereocenters. The molecule has 2 rings (SSSR count). The number of amides is 1. The van der Waals surface area contributed by atoms with Crippen LogP contribution in [0.1, 0.15) is 26.5 Å². The quantitative estimate of drug-likeness (QED) is 0.859. The second-order valence-electron chi connectivity index (χ2n) is 3.99. The number of aryl methyl sites for hydroxylation is 1. The number of benzene rings is 1. The summed E-state index contributed by atoms with van der Waals surface area (Å²) in [6.45, 7) is 0.246. The van der Waals surface area contributed by atoms with Crippen molar-refractivity contribution in [1.29, 1.82) is 0 Å². The second-order valence-corrected chi connectivity index (χ2v) is 3.99. The van der Waals surface area contributed by atoms with E-state index in [1.54, 1.807) is 29.1 Å². The average molecular weight is 259 g/mol. The number of aromatic nitrogens is 2. The molecule has 2 aromatic rings. The summed E-state index contributed by atoms with van der Waals surface area (Å²) in [4.78, 5) is 27.1. The Labute approximate surface area is 109 Å². The predicted octanol–water partition coefficient (Wildman–Crippen LogP) is 1.05. The van der Waals surface area contributed by atoms with Crippen LogP contribution < -0.4 is 5.32 Å². The van der Waals surface area contributed by atoms with Gasteiger partial charge in [-0.05, 0) is 12.1 Å². The molecule has 6 heteroatoms. The minimum atomic E-state index is -1.12. The number of carboxylic acid groups (broad SMARTS) is 1. The smallest absolute Gasteiger partial charge is 0.336 e. The van der Waals surface area contributed by atoms with Crippen molar-refractivity contribution in [2.75, 3.05) is 0 Å². The fraction of sp³-hybridized carbons (Fsp3) is 0.154. The predicted molar refractivity (Wildman–Crippen MR) is 67.8 cm³/mol. The first-order valence-corrected chi connectivity index (χ1v) is 5.66. The minimum absolute atomic E-state index is 0.0140. The van der Waals surface area contributed by atoms with Gasteiger partial charge in [0.2, 0.25) is 0 Å². The van der Waals surface area contributed by atoms with Gasteiger partial charge in [-0.3, -0.25) is 4.79 Å². The molecule has 2 N–H and O–H groups in total. The van der Waals surface area contributed by atoms with Gasteiger partial charge in [0, 0.05) is 19.4 Å². The number of rotatable bonds is 4. The summed E-state index contributed by atoms with van der Waals surface area (Å²) >= 11 is 0. The first-order chi connectivity index (χ1) is 9.09. The van der Waals surface area contributed by atoms with E-state index in [2.05, 4.69) is 10.3 Å². The molecule has 6 nitrogen and oxygen atoms in total. The van der Waals surface area contributed by atoms with Crippen LogP contribution in [0, 0.1) is 0 Å². The summed E-state index contributed by atoms with van der Waals surface area (Å²) in [5.41, 5.74) is 0.129. The number of carboxylic acids is 1. The number of carbonyl (C=O) groups excluding carboxylic acids is 1. The van der Waals surface area contributed by atoms with Gasteiger partial charge in [-0.1, -0.05) is 12.1 Å². The van der Waals surface area contributed by atoms with E-state index < -0.39 is 11.9 Å². The number of aromatic carboxylic acids is 1. The summed E-state index contributed by atoms with van der Waals surface area (Å²) in [5, 5.41) is 11.7. The Morgan fingerprint density at radius 2 is 2.00 bits per heavy atom. The number of nitrogens with zero attached hydrogens (tertiary/aromatic N) is 2. The zero-order valence-electron chi connectivity index (χ0n) is 10.3. The molecule has 0 radical (unpaired) electrons. The molecule has 0 aliphatic rings. The molecule has 0 bridgehead atoms. The average Bonchev–Trinajstić information content (AvgIpc) is 2.81. The largest absolute Gasteiger partial charge is 0.478 e. The van der Waals surface area contributed by atoms with Crippen LogP contribution in [-0.4, -0.2) is 26.5 Å². The van der Waals surface area contributed by atoms with Crippen molar-refractivity contribution in [3.8, 4) is 0 Å². The zero-order valence-corrected chi connectivity index (χ0v) is 10.3. The van der Waals surface area contributed by atoms with Gasteiger partial charge in [-0.2, -0.15) is 0 Å². The summed E-state index contributed by atoms with van der Waals surface area (Å²) in [7, 11) is 1.82. The maximum Gasteiger partial charge on any atom is 0.336 e. The summed E-state index contributed by atoms with van der Waals surface area (Å²) < 4.78 is 1.78. The summed E-state index contributed by atoms with van der Waals surface area (Å²) in [5.74, 6) is -0.857. The molecular formula is C13H13N3O3. The molecule has 1 aromatic heterocycles. The third kappa shape index (κ3) is 2.79. The van der Waals surface area contributed by atoms with E-state index in [1.165, 1.54) is 12.1 Å². The maximum absolute atomic E-state index is 12.0. The Kier molecular flexibility index (Phi) is 3.61. The fourth-order valence-electron chi connectivity index (χ4n) is 1.69. The van der Waals surface area contributed by atoms with E-state index in [-0.39, 0.29) is 17.7 Å². The van der Waals surface area contributed by atoms with Gasteiger partial charge in [0.05, 0.1) is 17.7 Å². The lowest BCUT2D eigenvalue weighted by Crippen LogP contribution is -2.26. The number of carbonyl (C=O) groups is 2. The van der Waals surface area contributed by atoms with Crippen LogP contribution in [-0.2, 0) is 13.6 Å². The van der Waals surface area contributed by atoms with E-state index in [1.807, 2.05) is 7.05 Å². The fourth-order valence-corrected chi connectivity index (χ4v) is 1.69. The van der Waals surface area contributed by atoms with E-state index in [0.717, 1.165) is 0 Å². The van der Waals surface area contributed by atoms with Gasteiger partial charge in [-0.15, -0.1) is 0 Å². The first kappa shape index (κ1) is 12.8. The highest BCUT2D eigenvalue weighted by Crippen LogP contribution is 2.08. The Balaban J connectivity index is 2.13. The Morgan fingerprint density at radius 1 is 1.32 bits per heavy atom. The van der Waals surface area contributed by atoms with E-state index >= 15 is 0 Å². The maximum atomic E-state index is 12.0. The lowest BCUT2D eigenvalue weighted by Gasteiger charge is -2.07. The van der Waals surface area contributed by atoms with Gasteiger partial charge in [0.25, 0.3) is 5.91 Å². The highest BCUT2D eigenvalue weighted by Gasteiger charge is 2.15. The van der Waals surface area contributed by atoms with E-state index in [9.17, 15) is 9.59 Å². The molecule has 0 spiro atoms. The van der Waals surface area contributed by atoms with Crippen molar-refractivity contribution in [2.45, 2.75) is 6.54 Å². The second kappa shape index (κ2) is 5.34. The Morgan fingerprint density at radius 3 is 2.58 bits per heavy atom. The number of imidazole rings is 1. The van der Waals surface area contributed by atoms with Crippen LogP contribution in [0.15, 0.2) is 36.7 Å². The molecule has 0 aliphatic carbocycles.